The summed E-state index contributed by atoms with van der Waals surface area (Å²) in [4.78, 5) is 14.6. The lowest BCUT2D eigenvalue weighted by Crippen LogP contribution is -2.07. The number of carbonyl (C=O) groups is 1. The molecule has 0 aliphatic carbocycles. The number of anilines is 1. The third-order valence-corrected chi connectivity index (χ3v) is 4.78. The number of aromatic amines is 1. The van der Waals surface area contributed by atoms with Crippen molar-refractivity contribution in [3.05, 3.63) is 44.7 Å². The van der Waals surface area contributed by atoms with E-state index in [2.05, 4.69) is 9.71 Å². The van der Waals surface area contributed by atoms with Gasteiger partial charge in [0.05, 0.1) is 26.1 Å². The number of alkyl halides is 3. The number of rotatable bonds is 4. The van der Waals surface area contributed by atoms with Crippen LogP contribution in [0.5, 0.6) is 0 Å². The van der Waals surface area contributed by atoms with Crippen LogP contribution in [-0.2, 0) is 6.18 Å². The minimum Gasteiger partial charge on any atom is -0.478 e. The Kier molecular flexibility index (Phi) is 5.31. The Bertz CT molecular complexity index is 783. The highest BCUT2D eigenvalue weighted by Gasteiger charge is 2.36. The molecule has 0 spiro atoms. The predicted octanol–water partition coefficient (Wildman–Crippen LogP) is 5.77. The predicted molar refractivity (Wildman–Crippen MR) is 88.2 cm³/mol. The molecular weight excluding hydrogens is 388 g/mol. The first kappa shape index (κ1) is 18.8. The minimum absolute atomic E-state index is 0.0918. The van der Waals surface area contributed by atoms with Gasteiger partial charge in [-0.05, 0) is 37.9 Å². The van der Waals surface area contributed by atoms with Crippen molar-refractivity contribution in [3.63, 3.8) is 0 Å². The molecule has 2 rings (SSSR count). The van der Waals surface area contributed by atoms with Crippen LogP contribution in [0.4, 0.5) is 18.9 Å². The van der Waals surface area contributed by atoms with E-state index in [1.54, 1.807) is 13.8 Å². The fraction of sp³-hybridized carbons (Fsp3) is 0.214. The first-order chi connectivity index (χ1) is 11.0. The van der Waals surface area contributed by atoms with Crippen LogP contribution in [0.25, 0.3) is 0 Å². The van der Waals surface area contributed by atoms with Gasteiger partial charge in [-0.3, -0.25) is 0 Å². The lowest BCUT2D eigenvalue weighted by Gasteiger charge is -2.13. The van der Waals surface area contributed by atoms with E-state index in [1.807, 2.05) is 0 Å². The molecule has 10 heteroatoms. The number of hydrogen-bond acceptors (Lipinski definition) is 3. The molecule has 0 bridgehead atoms. The Hall–Kier alpha value is -1.51. The lowest BCUT2D eigenvalue weighted by molar-refractivity contribution is -0.137. The first-order valence-electron chi connectivity index (χ1n) is 6.44. The van der Waals surface area contributed by atoms with E-state index < -0.39 is 27.8 Å². The molecule has 4 nitrogen and oxygen atoms in total. The van der Waals surface area contributed by atoms with Gasteiger partial charge in [-0.1, -0.05) is 23.2 Å². The third-order valence-electron chi connectivity index (χ3n) is 3.13. The van der Waals surface area contributed by atoms with E-state index in [0.717, 1.165) is 24.1 Å². The van der Waals surface area contributed by atoms with Crippen LogP contribution in [0.15, 0.2) is 17.0 Å². The van der Waals surface area contributed by atoms with Crippen LogP contribution in [0.3, 0.4) is 0 Å². The first-order valence-corrected chi connectivity index (χ1v) is 8.01. The molecule has 1 aromatic heterocycles. The Morgan fingerprint density at radius 2 is 1.75 bits per heavy atom. The molecule has 1 aromatic carbocycles. The van der Waals surface area contributed by atoms with Gasteiger partial charge >= 0.3 is 12.1 Å². The molecule has 2 aromatic rings. The second kappa shape index (κ2) is 6.78. The van der Waals surface area contributed by atoms with E-state index in [-0.39, 0.29) is 11.3 Å². The number of carboxylic acid groups (broad SMARTS) is 1. The molecule has 130 valence electrons. The number of aromatic nitrogens is 1. The normalized spacial score (nSPS) is 11.6. The van der Waals surface area contributed by atoms with Crippen molar-refractivity contribution >= 4 is 46.8 Å². The van der Waals surface area contributed by atoms with Crippen molar-refractivity contribution in [1.29, 1.82) is 0 Å². The SMILES string of the molecule is Cc1[nH]c(C)c(C(=O)O)c1SNc1cc(Cl)c(C(F)(F)F)c(Cl)c1. The number of halogens is 5. The number of hydrogen-bond donors (Lipinski definition) is 3. The van der Waals surface area contributed by atoms with Gasteiger partial charge in [0.1, 0.15) is 0 Å². The van der Waals surface area contributed by atoms with Gasteiger partial charge < -0.3 is 14.8 Å². The van der Waals surface area contributed by atoms with E-state index in [9.17, 15) is 23.1 Å². The summed E-state index contributed by atoms with van der Waals surface area (Å²) in [6, 6.07) is 2.16. The van der Waals surface area contributed by atoms with Crippen molar-refractivity contribution in [2.45, 2.75) is 24.9 Å². The van der Waals surface area contributed by atoms with Crippen LogP contribution in [-0.4, -0.2) is 16.1 Å². The summed E-state index contributed by atoms with van der Waals surface area (Å²) in [6.45, 7) is 3.31. The number of nitrogens with one attached hydrogen (secondary N) is 2. The van der Waals surface area contributed by atoms with Crippen LogP contribution >= 0.6 is 35.1 Å². The molecule has 0 aliphatic rings. The monoisotopic (exact) mass is 398 g/mol. The van der Waals surface area contributed by atoms with Gasteiger partial charge in [-0.25, -0.2) is 4.79 Å². The van der Waals surface area contributed by atoms with Gasteiger partial charge in [0, 0.05) is 17.1 Å². The molecule has 0 amide bonds. The molecular formula is C14H11Cl2F3N2O2S. The zero-order chi connectivity index (χ0) is 18.2. The van der Waals surface area contributed by atoms with Crippen molar-refractivity contribution in [1.82, 2.24) is 4.98 Å². The van der Waals surface area contributed by atoms with E-state index in [1.165, 1.54) is 0 Å². The summed E-state index contributed by atoms with van der Waals surface area (Å²) >= 11 is 12.3. The fourth-order valence-electron chi connectivity index (χ4n) is 2.16. The Labute approximate surface area is 149 Å². The summed E-state index contributed by atoms with van der Waals surface area (Å²) in [6.07, 6.45) is -4.66. The van der Waals surface area contributed by atoms with Crippen molar-refractivity contribution in [3.8, 4) is 0 Å². The van der Waals surface area contributed by atoms with Crippen molar-refractivity contribution in [2.24, 2.45) is 0 Å². The molecule has 0 radical (unpaired) electrons. The van der Waals surface area contributed by atoms with Crippen molar-refractivity contribution in [2.75, 3.05) is 4.72 Å². The van der Waals surface area contributed by atoms with Gasteiger partial charge in [-0.15, -0.1) is 0 Å². The van der Waals surface area contributed by atoms with Crippen LogP contribution in [0.1, 0.15) is 27.3 Å². The third kappa shape index (κ3) is 3.76. The van der Waals surface area contributed by atoms with Crippen LogP contribution in [0.2, 0.25) is 10.0 Å². The largest absolute Gasteiger partial charge is 0.478 e. The fourth-order valence-corrected chi connectivity index (χ4v) is 3.74. The van der Waals surface area contributed by atoms with Gasteiger partial charge in [-0.2, -0.15) is 13.2 Å². The van der Waals surface area contributed by atoms with Crippen molar-refractivity contribution < 1.29 is 23.1 Å². The second-order valence-electron chi connectivity index (χ2n) is 4.90. The van der Waals surface area contributed by atoms with Gasteiger partial charge in [0.2, 0.25) is 0 Å². The topological polar surface area (TPSA) is 65.1 Å². The molecule has 0 saturated carbocycles. The molecule has 0 aliphatic heterocycles. The molecule has 24 heavy (non-hydrogen) atoms. The van der Waals surface area contributed by atoms with E-state index >= 15 is 0 Å². The molecule has 0 saturated heterocycles. The summed E-state index contributed by atoms with van der Waals surface area (Å²) in [5.41, 5.74) is 0.298. The zero-order valence-electron chi connectivity index (χ0n) is 12.3. The summed E-state index contributed by atoms with van der Waals surface area (Å²) in [5.74, 6) is -1.11. The summed E-state index contributed by atoms with van der Waals surface area (Å²) < 4.78 is 41.2. The number of H-pyrrole nitrogens is 1. The second-order valence-corrected chi connectivity index (χ2v) is 6.53. The maximum atomic E-state index is 12.8. The van der Waals surface area contributed by atoms with Crippen LogP contribution in [0, 0.1) is 13.8 Å². The Morgan fingerprint density at radius 3 is 2.21 bits per heavy atom. The summed E-state index contributed by atoms with van der Waals surface area (Å²) in [7, 11) is 0. The van der Waals surface area contributed by atoms with Crippen LogP contribution < -0.4 is 4.72 Å². The maximum absolute atomic E-state index is 12.8. The number of aromatic carboxylic acids is 1. The maximum Gasteiger partial charge on any atom is 0.419 e. The number of benzene rings is 1. The molecule has 0 atom stereocenters. The van der Waals surface area contributed by atoms with Gasteiger partial charge in [0.25, 0.3) is 0 Å². The molecule has 0 fully saturated rings. The Balaban J connectivity index is 2.30. The number of carboxylic acids is 1. The highest BCUT2D eigenvalue weighted by Crippen LogP contribution is 2.42. The highest BCUT2D eigenvalue weighted by molar-refractivity contribution is 8.00. The van der Waals surface area contributed by atoms with Gasteiger partial charge in [0.15, 0.2) is 0 Å². The van der Waals surface area contributed by atoms with E-state index in [4.69, 9.17) is 23.2 Å². The minimum atomic E-state index is -4.66. The zero-order valence-corrected chi connectivity index (χ0v) is 14.6. The smallest absolute Gasteiger partial charge is 0.419 e. The average Bonchev–Trinajstić information content (AvgIpc) is 2.68. The molecule has 1 heterocycles. The van der Waals surface area contributed by atoms with E-state index in [0.29, 0.717) is 16.3 Å². The number of aryl methyl sites for hydroxylation is 2. The molecule has 0 unspecified atom stereocenters. The average molecular weight is 399 g/mol. The quantitative estimate of drug-likeness (QED) is 0.571. The lowest BCUT2D eigenvalue weighted by atomic mass is 10.2. The summed E-state index contributed by atoms with van der Waals surface area (Å²) in [5, 5.41) is 8.16. The highest BCUT2D eigenvalue weighted by atomic mass is 35.5. The molecule has 3 N–H and O–H groups in total. The Morgan fingerprint density at radius 1 is 1.21 bits per heavy atom. The standard InChI is InChI=1S/C14H11Cl2F3N2O2S/c1-5-10(13(22)23)12(6(2)20-5)24-21-7-3-8(15)11(9(16)4-7)14(17,18)19/h3-4,20-21H,1-2H3,(H,22,23).